The number of nitrogens with one attached hydrogen (secondary N) is 1. The molecule has 5 nitrogen and oxygen atoms in total. The summed E-state index contributed by atoms with van der Waals surface area (Å²) in [5, 5.41) is 2.74. The van der Waals surface area contributed by atoms with Gasteiger partial charge in [0.15, 0.2) is 0 Å². The molecule has 96 valence electrons. The van der Waals surface area contributed by atoms with Gasteiger partial charge in [-0.3, -0.25) is 14.6 Å². The normalized spacial score (nSPS) is 14.6. The number of hydrogen-bond donors (Lipinski definition) is 1. The first-order valence-corrected chi connectivity index (χ1v) is 6.19. The van der Waals surface area contributed by atoms with Gasteiger partial charge in [0, 0.05) is 32.0 Å². The smallest absolute Gasteiger partial charge is 0.232 e. The van der Waals surface area contributed by atoms with Crippen molar-refractivity contribution in [3.63, 3.8) is 0 Å². The zero-order chi connectivity index (χ0) is 12.8. The summed E-state index contributed by atoms with van der Waals surface area (Å²) in [6, 6.07) is 3.67. The van der Waals surface area contributed by atoms with E-state index in [1.54, 1.807) is 17.3 Å². The van der Waals surface area contributed by atoms with E-state index in [9.17, 15) is 9.59 Å². The van der Waals surface area contributed by atoms with Crippen LogP contribution in [-0.4, -0.2) is 34.8 Å². The SMILES string of the molecule is O=C(CC(=O)N1CCCC1)NCc1ccncc1. The van der Waals surface area contributed by atoms with Gasteiger partial charge in [-0.1, -0.05) is 0 Å². The van der Waals surface area contributed by atoms with Gasteiger partial charge < -0.3 is 10.2 Å². The summed E-state index contributed by atoms with van der Waals surface area (Å²) < 4.78 is 0. The number of aromatic nitrogens is 1. The minimum atomic E-state index is -0.219. The molecule has 0 radical (unpaired) electrons. The van der Waals surface area contributed by atoms with E-state index < -0.39 is 0 Å². The quantitative estimate of drug-likeness (QED) is 0.797. The highest BCUT2D eigenvalue weighted by molar-refractivity contribution is 5.96. The van der Waals surface area contributed by atoms with Gasteiger partial charge in [0.1, 0.15) is 6.42 Å². The molecule has 0 bridgehead atoms. The summed E-state index contributed by atoms with van der Waals surface area (Å²) in [6.45, 7) is 2.02. The molecule has 0 spiro atoms. The van der Waals surface area contributed by atoms with E-state index in [1.165, 1.54) is 0 Å². The van der Waals surface area contributed by atoms with E-state index in [0.717, 1.165) is 31.5 Å². The van der Waals surface area contributed by atoms with Crippen molar-refractivity contribution in [1.82, 2.24) is 15.2 Å². The Morgan fingerprint density at radius 3 is 2.56 bits per heavy atom. The molecular formula is C13H17N3O2. The summed E-state index contributed by atoms with van der Waals surface area (Å²) in [5.74, 6) is -0.288. The van der Waals surface area contributed by atoms with Crippen molar-refractivity contribution in [2.24, 2.45) is 0 Å². The third kappa shape index (κ3) is 3.55. The third-order valence-corrected chi connectivity index (χ3v) is 3.01. The maximum atomic E-state index is 11.7. The van der Waals surface area contributed by atoms with Crippen molar-refractivity contribution in [1.29, 1.82) is 0 Å². The molecule has 2 rings (SSSR count). The number of carbonyl (C=O) groups excluding carboxylic acids is 2. The molecule has 1 N–H and O–H groups in total. The summed E-state index contributed by atoms with van der Waals surface area (Å²) in [5.41, 5.74) is 0.979. The first-order chi connectivity index (χ1) is 8.75. The van der Waals surface area contributed by atoms with Crippen molar-refractivity contribution in [2.75, 3.05) is 13.1 Å². The van der Waals surface area contributed by atoms with E-state index in [4.69, 9.17) is 0 Å². The number of nitrogens with zero attached hydrogens (tertiary/aromatic N) is 2. The van der Waals surface area contributed by atoms with E-state index in [0.29, 0.717) is 6.54 Å². The van der Waals surface area contributed by atoms with Gasteiger partial charge in [-0.25, -0.2) is 0 Å². The topological polar surface area (TPSA) is 62.3 Å². The van der Waals surface area contributed by atoms with Crippen LogP contribution in [0.2, 0.25) is 0 Å². The molecule has 0 unspecified atom stereocenters. The molecule has 2 amide bonds. The second kappa shape index (κ2) is 6.14. The fourth-order valence-electron chi connectivity index (χ4n) is 1.98. The summed E-state index contributed by atoms with van der Waals surface area (Å²) >= 11 is 0. The van der Waals surface area contributed by atoms with E-state index in [2.05, 4.69) is 10.3 Å². The number of pyridine rings is 1. The van der Waals surface area contributed by atoms with Gasteiger partial charge in [-0.2, -0.15) is 0 Å². The van der Waals surface area contributed by atoms with Crippen LogP contribution < -0.4 is 5.32 Å². The zero-order valence-electron chi connectivity index (χ0n) is 10.3. The van der Waals surface area contributed by atoms with Crippen LogP contribution >= 0.6 is 0 Å². The Labute approximate surface area is 106 Å². The highest BCUT2D eigenvalue weighted by Gasteiger charge is 2.19. The lowest BCUT2D eigenvalue weighted by atomic mass is 10.2. The lowest BCUT2D eigenvalue weighted by molar-refractivity contribution is -0.135. The van der Waals surface area contributed by atoms with Crippen LogP contribution in [-0.2, 0) is 16.1 Å². The van der Waals surface area contributed by atoms with Crippen LogP contribution in [0.15, 0.2) is 24.5 Å². The second-order valence-electron chi connectivity index (χ2n) is 4.40. The van der Waals surface area contributed by atoms with E-state index in [-0.39, 0.29) is 18.2 Å². The first-order valence-electron chi connectivity index (χ1n) is 6.19. The maximum Gasteiger partial charge on any atom is 0.232 e. The molecule has 0 aliphatic carbocycles. The highest BCUT2D eigenvalue weighted by atomic mass is 16.2. The molecule has 18 heavy (non-hydrogen) atoms. The molecule has 1 aromatic heterocycles. The molecule has 0 atom stereocenters. The molecular weight excluding hydrogens is 230 g/mol. The second-order valence-corrected chi connectivity index (χ2v) is 4.40. The van der Waals surface area contributed by atoms with Crippen LogP contribution in [0.1, 0.15) is 24.8 Å². The lowest BCUT2D eigenvalue weighted by Gasteiger charge is -2.14. The fraction of sp³-hybridized carbons (Fsp3) is 0.462. The van der Waals surface area contributed by atoms with Gasteiger partial charge in [0.05, 0.1) is 0 Å². The van der Waals surface area contributed by atoms with Crippen molar-refractivity contribution in [3.05, 3.63) is 30.1 Å². The Morgan fingerprint density at radius 2 is 1.89 bits per heavy atom. The van der Waals surface area contributed by atoms with Crippen LogP contribution in [0.25, 0.3) is 0 Å². The van der Waals surface area contributed by atoms with E-state index >= 15 is 0 Å². The van der Waals surface area contributed by atoms with Gasteiger partial charge in [-0.15, -0.1) is 0 Å². The average molecular weight is 247 g/mol. The van der Waals surface area contributed by atoms with Gasteiger partial charge in [-0.05, 0) is 30.5 Å². The lowest BCUT2D eigenvalue weighted by Crippen LogP contribution is -2.33. The number of rotatable bonds is 4. The minimum absolute atomic E-state index is 0.0505. The van der Waals surface area contributed by atoms with Gasteiger partial charge >= 0.3 is 0 Å². The van der Waals surface area contributed by atoms with Crippen LogP contribution in [0.4, 0.5) is 0 Å². The third-order valence-electron chi connectivity index (χ3n) is 3.01. The zero-order valence-corrected chi connectivity index (χ0v) is 10.3. The van der Waals surface area contributed by atoms with Crippen LogP contribution in [0.3, 0.4) is 0 Å². The molecule has 1 fully saturated rings. The summed E-state index contributed by atoms with van der Waals surface area (Å²) in [6.07, 6.45) is 5.40. The van der Waals surface area contributed by atoms with Crippen molar-refractivity contribution in [3.8, 4) is 0 Å². The first kappa shape index (κ1) is 12.5. The molecule has 1 aromatic rings. The molecule has 5 heteroatoms. The predicted octanol–water partition coefficient (Wildman–Crippen LogP) is 0.710. The molecule has 0 saturated carbocycles. The number of hydrogen-bond acceptors (Lipinski definition) is 3. The Hall–Kier alpha value is -1.91. The average Bonchev–Trinajstić information content (AvgIpc) is 2.91. The number of carbonyl (C=O) groups is 2. The van der Waals surface area contributed by atoms with Gasteiger partial charge in [0.2, 0.25) is 11.8 Å². The predicted molar refractivity (Wildman–Crippen MR) is 66.5 cm³/mol. The van der Waals surface area contributed by atoms with Gasteiger partial charge in [0.25, 0.3) is 0 Å². The molecule has 1 aliphatic heterocycles. The molecule has 0 aromatic carbocycles. The Balaban J connectivity index is 1.73. The summed E-state index contributed by atoms with van der Waals surface area (Å²) in [4.78, 5) is 29.0. The maximum absolute atomic E-state index is 11.7. The van der Waals surface area contributed by atoms with Crippen molar-refractivity contribution < 1.29 is 9.59 Å². The van der Waals surface area contributed by atoms with Crippen molar-refractivity contribution in [2.45, 2.75) is 25.8 Å². The fourth-order valence-corrected chi connectivity index (χ4v) is 1.98. The Morgan fingerprint density at radius 1 is 1.22 bits per heavy atom. The minimum Gasteiger partial charge on any atom is -0.352 e. The van der Waals surface area contributed by atoms with Crippen molar-refractivity contribution >= 4 is 11.8 Å². The van der Waals surface area contributed by atoms with Crippen LogP contribution in [0, 0.1) is 0 Å². The molecule has 1 saturated heterocycles. The largest absolute Gasteiger partial charge is 0.352 e. The standard InChI is InChI=1S/C13H17N3O2/c17-12(9-13(18)16-7-1-2-8-16)15-10-11-3-5-14-6-4-11/h3-6H,1-2,7-10H2,(H,15,17). The Bertz CT molecular complexity index is 414. The number of amides is 2. The highest BCUT2D eigenvalue weighted by Crippen LogP contribution is 2.08. The molecule has 1 aliphatic rings. The summed E-state index contributed by atoms with van der Waals surface area (Å²) in [7, 11) is 0. The Kier molecular flexibility index (Phi) is 4.28. The van der Waals surface area contributed by atoms with E-state index in [1.807, 2.05) is 12.1 Å². The monoisotopic (exact) mass is 247 g/mol. The van der Waals surface area contributed by atoms with Crippen LogP contribution in [0.5, 0.6) is 0 Å². The molecule has 2 heterocycles. The number of likely N-dealkylation sites (tertiary alicyclic amines) is 1.